The lowest BCUT2D eigenvalue weighted by Gasteiger charge is -2.32. The zero-order valence-electron chi connectivity index (χ0n) is 11.6. The Morgan fingerprint density at radius 3 is 3.20 bits per heavy atom. The van der Waals surface area contributed by atoms with Gasteiger partial charge in [-0.15, -0.1) is 0 Å². The van der Waals surface area contributed by atoms with E-state index in [0.29, 0.717) is 5.69 Å². The first-order valence-corrected chi connectivity index (χ1v) is 7.07. The van der Waals surface area contributed by atoms with Crippen molar-refractivity contribution in [1.82, 2.24) is 9.38 Å². The van der Waals surface area contributed by atoms with Gasteiger partial charge in [-0.1, -0.05) is 6.07 Å². The highest BCUT2D eigenvalue weighted by Gasteiger charge is 2.25. The van der Waals surface area contributed by atoms with Crippen molar-refractivity contribution in [3.8, 4) is 6.07 Å². The molecule has 5 nitrogen and oxygen atoms in total. The zero-order valence-corrected chi connectivity index (χ0v) is 11.6. The number of piperidine rings is 1. The summed E-state index contributed by atoms with van der Waals surface area (Å²) in [5.74, 6) is 0.781. The number of pyridine rings is 1. The Labute approximate surface area is 118 Å². The van der Waals surface area contributed by atoms with Gasteiger partial charge in [-0.2, -0.15) is 5.26 Å². The van der Waals surface area contributed by atoms with E-state index in [1.165, 1.54) is 0 Å². The molecule has 5 heteroatoms. The molecular formula is C15H18N4O. The van der Waals surface area contributed by atoms with Crippen LogP contribution in [0, 0.1) is 11.3 Å². The molecule has 0 saturated carbocycles. The number of fused-ring (bicyclic) bond motifs is 1. The maximum atomic E-state index is 9.44. The topological polar surface area (TPSA) is 53.6 Å². The first-order valence-electron chi connectivity index (χ1n) is 7.07. The van der Waals surface area contributed by atoms with Crippen molar-refractivity contribution < 1.29 is 4.74 Å². The second-order valence-electron chi connectivity index (χ2n) is 4.99. The van der Waals surface area contributed by atoms with E-state index in [-0.39, 0.29) is 6.10 Å². The normalized spacial score (nSPS) is 19.2. The lowest BCUT2D eigenvalue weighted by molar-refractivity contribution is 0.0525. The third-order valence-electron chi connectivity index (χ3n) is 3.70. The number of nitriles is 1. The van der Waals surface area contributed by atoms with Gasteiger partial charge in [-0.05, 0) is 31.9 Å². The average molecular weight is 270 g/mol. The monoisotopic (exact) mass is 270 g/mol. The molecule has 1 fully saturated rings. The Bertz CT molecular complexity index is 641. The van der Waals surface area contributed by atoms with E-state index in [0.717, 1.165) is 44.0 Å². The van der Waals surface area contributed by atoms with Crippen molar-refractivity contribution in [3.05, 3.63) is 30.1 Å². The van der Waals surface area contributed by atoms with E-state index < -0.39 is 0 Å². The number of aromatic nitrogens is 2. The van der Waals surface area contributed by atoms with Gasteiger partial charge in [-0.25, -0.2) is 4.98 Å². The molecule has 0 radical (unpaired) electrons. The summed E-state index contributed by atoms with van der Waals surface area (Å²) in [6, 6.07) is 8.06. The van der Waals surface area contributed by atoms with Gasteiger partial charge in [0.2, 0.25) is 0 Å². The minimum absolute atomic E-state index is 0.241. The third-order valence-corrected chi connectivity index (χ3v) is 3.70. The van der Waals surface area contributed by atoms with Crippen molar-refractivity contribution >= 4 is 11.5 Å². The Kier molecular flexibility index (Phi) is 3.57. The minimum Gasteiger partial charge on any atom is -0.377 e. The van der Waals surface area contributed by atoms with Crippen LogP contribution < -0.4 is 4.90 Å². The molecule has 1 unspecified atom stereocenters. The lowest BCUT2D eigenvalue weighted by Crippen LogP contribution is -2.40. The van der Waals surface area contributed by atoms with Crippen molar-refractivity contribution in [2.24, 2.45) is 0 Å². The molecule has 1 atom stereocenters. The predicted octanol–water partition coefficient (Wildman–Crippen LogP) is 2.21. The van der Waals surface area contributed by atoms with Gasteiger partial charge in [0.15, 0.2) is 11.5 Å². The SMILES string of the molecule is CCOC1CCCN(c2nc3ccccn3c2C#N)C1. The molecule has 3 rings (SSSR count). The molecule has 2 aromatic rings. The molecule has 104 valence electrons. The van der Waals surface area contributed by atoms with Crippen LogP contribution in [0.2, 0.25) is 0 Å². The summed E-state index contributed by atoms with van der Waals surface area (Å²) in [5, 5.41) is 9.44. The number of imidazole rings is 1. The highest BCUT2D eigenvalue weighted by atomic mass is 16.5. The van der Waals surface area contributed by atoms with Gasteiger partial charge in [0.25, 0.3) is 0 Å². The lowest BCUT2D eigenvalue weighted by atomic mass is 10.1. The maximum Gasteiger partial charge on any atom is 0.169 e. The Balaban J connectivity index is 1.95. The quantitative estimate of drug-likeness (QED) is 0.858. The number of hydrogen-bond acceptors (Lipinski definition) is 4. The number of nitrogens with zero attached hydrogens (tertiary/aromatic N) is 4. The Morgan fingerprint density at radius 1 is 1.50 bits per heavy atom. The molecule has 0 aromatic carbocycles. The van der Waals surface area contributed by atoms with E-state index in [4.69, 9.17) is 4.74 Å². The fourth-order valence-corrected chi connectivity index (χ4v) is 2.81. The standard InChI is InChI=1S/C15H18N4O/c1-2-20-12-6-5-8-18(11-12)15-13(10-16)19-9-4-3-7-14(19)17-15/h3-4,7,9,12H,2,5-6,8,11H2,1H3. The smallest absolute Gasteiger partial charge is 0.169 e. The van der Waals surface area contributed by atoms with Gasteiger partial charge >= 0.3 is 0 Å². The highest BCUT2D eigenvalue weighted by molar-refractivity contribution is 5.60. The van der Waals surface area contributed by atoms with E-state index in [2.05, 4.69) is 16.0 Å². The van der Waals surface area contributed by atoms with Crippen LogP contribution >= 0.6 is 0 Å². The predicted molar refractivity (Wildman–Crippen MR) is 76.8 cm³/mol. The summed E-state index contributed by atoms with van der Waals surface area (Å²) in [6.45, 7) is 4.49. The summed E-state index contributed by atoms with van der Waals surface area (Å²) in [6.07, 6.45) is 4.28. The van der Waals surface area contributed by atoms with Gasteiger partial charge in [0, 0.05) is 25.9 Å². The van der Waals surface area contributed by atoms with E-state index in [1.807, 2.05) is 35.7 Å². The molecule has 0 bridgehead atoms. The summed E-state index contributed by atoms with van der Waals surface area (Å²) in [7, 11) is 0. The molecule has 1 aliphatic rings. The number of hydrogen-bond donors (Lipinski definition) is 0. The van der Waals surface area contributed by atoms with Gasteiger partial charge in [-0.3, -0.25) is 4.40 Å². The minimum atomic E-state index is 0.241. The van der Waals surface area contributed by atoms with E-state index >= 15 is 0 Å². The van der Waals surface area contributed by atoms with Crippen LogP contribution in [-0.4, -0.2) is 35.2 Å². The van der Waals surface area contributed by atoms with Crippen LogP contribution in [0.4, 0.5) is 5.82 Å². The molecule has 20 heavy (non-hydrogen) atoms. The van der Waals surface area contributed by atoms with Crippen LogP contribution in [0.25, 0.3) is 5.65 Å². The largest absolute Gasteiger partial charge is 0.377 e. The molecule has 2 aromatic heterocycles. The first kappa shape index (κ1) is 12.9. The molecule has 0 N–H and O–H groups in total. The maximum absolute atomic E-state index is 9.44. The van der Waals surface area contributed by atoms with Gasteiger partial charge < -0.3 is 9.64 Å². The fourth-order valence-electron chi connectivity index (χ4n) is 2.81. The fraction of sp³-hybridized carbons (Fsp3) is 0.467. The van der Waals surface area contributed by atoms with Crippen LogP contribution in [0.1, 0.15) is 25.5 Å². The average Bonchev–Trinajstić information content (AvgIpc) is 2.86. The van der Waals surface area contributed by atoms with Crippen LogP contribution in [0.3, 0.4) is 0 Å². The summed E-state index contributed by atoms with van der Waals surface area (Å²) in [4.78, 5) is 6.79. The molecule has 3 heterocycles. The molecule has 0 amide bonds. The molecule has 0 spiro atoms. The van der Waals surface area contributed by atoms with Crippen molar-refractivity contribution in [1.29, 1.82) is 5.26 Å². The highest BCUT2D eigenvalue weighted by Crippen LogP contribution is 2.25. The number of ether oxygens (including phenoxy) is 1. The van der Waals surface area contributed by atoms with Crippen LogP contribution in [0.5, 0.6) is 0 Å². The Morgan fingerprint density at radius 2 is 2.40 bits per heavy atom. The summed E-state index contributed by atoms with van der Waals surface area (Å²) >= 11 is 0. The van der Waals surface area contributed by atoms with Crippen molar-refractivity contribution in [2.45, 2.75) is 25.9 Å². The molecule has 1 aliphatic heterocycles. The van der Waals surface area contributed by atoms with Crippen LogP contribution in [-0.2, 0) is 4.74 Å². The van der Waals surface area contributed by atoms with Crippen molar-refractivity contribution in [2.75, 3.05) is 24.6 Å². The number of anilines is 1. The second kappa shape index (κ2) is 5.51. The van der Waals surface area contributed by atoms with Crippen LogP contribution in [0.15, 0.2) is 24.4 Å². The second-order valence-corrected chi connectivity index (χ2v) is 4.99. The molecular weight excluding hydrogens is 252 g/mol. The molecule has 1 saturated heterocycles. The number of rotatable bonds is 3. The summed E-state index contributed by atoms with van der Waals surface area (Å²) in [5.41, 5.74) is 1.43. The summed E-state index contributed by atoms with van der Waals surface area (Å²) < 4.78 is 7.57. The third kappa shape index (κ3) is 2.23. The Hall–Kier alpha value is -2.06. The van der Waals surface area contributed by atoms with E-state index in [9.17, 15) is 5.26 Å². The van der Waals surface area contributed by atoms with Gasteiger partial charge in [0.05, 0.1) is 6.10 Å². The zero-order chi connectivity index (χ0) is 13.9. The van der Waals surface area contributed by atoms with Gasteiger partial charge in [0.1, 0.15) is 11.7 Å². The van der Waals surface area contributed by atoms with Crippen molar-refractivity contribution in [3.63, 3.8) is 0 Å². The first-order chi connectivity index (χ1) is 9.83. The van der Waals surface area contributed by atoms with E-state index in [1.54, 1.807) is 0 Å². The molecule has 0 aliphatic carbocycles.